The molecule has 2 nitrogen and oxygen atoms in total. The van der Waals surface area contributed by atoms with Gasteiger partial charge in [0.15, 0.2) is 0 Å². The van der Waals surface area contributed by atoms with E-state index in [1.54, 1.807) is 0 Å². The van der Waals surface area contributed by atoms with E-state index < -0.39 is 11.7 Å². The summed E-state index contributed by atoms with van der Waals surface area (Å²) >= 11 is 0. The Kier molecular flexibility index (Phi) is 5.21. The first-order valence-corrected chi connectivity index (χ1v) is 7.01. The monoisotopic (exact) mass is 309 g/mol. The van der Waals surface area contributed by atoms with Gasteiger partial charge in [-0.25, -0.2) is 0 Å². The van der Waals surface area contributed by atoms with Gasteiger partial charge < -0.3 is 10.4 Å². The summed E-state index contributed by atoms with van der Waals surface area (Å²) in [7, 11) is 0. The van der Waals surface area contributed by atoms with Gasteiger partial charge in [0.1, 0.15) is 0 Å². The van der Waals surface area contributed by atoms with Gasteiger partial charge >= 0.3 is 6.18 Å². The predicted octanol–water partition coefficient (Wildman–Crippen LogP) is 4.09. The number of hydrogen-bond acceptors (Lipinski definition) is 2. The molecular weight excluding hydrogens is 291 g/mol. The molecule has 0 fully saturated rings. The molecule has 0 aliphatic heterocycles. The van der Waals surface area contributed by atoms with E-state index in [4.69, 9.17) is 0 Å². The number of alkyl halides is 3. The summed E-state index contributed by atoms with van der Waals surface area (Å²) in [5, 5.41) is 12.7. The number of halogens is 3. The van der Waals surface area contributed by atoms with Crippen molar-refractivity contribution in [3.8, 4) is 0 Å². The lowest BCUT2D eigenvalue weighted by Crippen LogP contribution is -2.27. The highest BCUT2D eigenvalue weighted by molar-refractivity contribution is 5.27. The molecule has 0 saturated carbocycles. The highest BCUT2D eigenvalue weighted by Gasteiger charge is 2.30. The second-order valence-corrected chi connectivity index (χ2v) is 5.15. The number of aliphatic hydroxyl groups is 1. The van der Waals surface area contributed by atoms with Crippen LogP contribution in [0.5, 0.6) is 0 Å². The Bertz CT molecular complexity index is 581. The maximum Gasteiger partial charge on any atom is 0.416 e. The Balaban J connectivity index is 2.09. The van der Waals surface area contributed by atoms with E-state index in [2.05, 4.69) is 5.32 Å². The lowest BCUT2D eigenvalue weighted by Gasteiger charge is -2.22. The molecule has 0 heterocycles. The highest BCUT2D eigenvalue weighted by Crippen LogP contribution is 2.30. The Labute approximate surface area is 127 Å². The van der Waals surface area contributed by atoms with Crippen LogP contribution < -0.4 is 5.32 Å². The quantitative estimate of drug-likeness (QED) is 0.872. The second-order valence-electron chi connectivity index (χ2n) is 5.15. The summed E-state index contributed by atoms with van der Waals surface area (Å²) in [6.07, 6.45) is -4.33. The molecule has 0 saturated heterocycles. The minimum atomic E-state index is -4.33. The van der Waals surface area contributed by atoms with E-state index >= 15 is 0 Å². The summed E-state index contributed by atoms with van der Waals surface area (Å²) in [6, 6.07) is 14.1. The standard InChI is InChI=1S/C17H18F3NO/c1-12(13-7-9-15(10-8-13)17(18,19)20)21-16(11-22)14-5-3-2-4-6-14/h2-10,12,16,21-22H,11H2,1H3/t12?,16-/m1/s1. The number of benzene rings is 2. The first kappa shape index (κ1) is 16.5. The van der Waals surface area contributed by atoms with Crippen molar-refractivity contribution in [1.29, 1.82) is 0 Å². The van der Waals surface area contributed by atoms with Gasteiger partial charge in [0, 0.05) is 6.04 Å². The first-order valence-electron chi connectivity index (χ1n) is 7.01. The van der Waals surface area contributed by atoms with Crippen molar-refractivity contribution < 1.29 is 18.3 Å². The largest absolute Gasteiger partial charge is 0.416 e. The fraction of sp³-hybridized carbons (Fsp3) is 0.294. The summed E-state index contributed by atoms with van der Waals surface area (Å²) in [5.41, 5.74) is 1.01. The van der Waals surface area contributed by atoms with E-state index in [-0.39, 0.29) is 18.7 Å². The Morgan fingerprint density at radius 2 is 1.55 bits per heavy atom. The molecule has 2 rings (SSSR count). The average molecular weight is 309 g/mol. The van der Waals surface area contributed by atoms with Crippen LogP contribution >= 0.6 is 0 Å². The van der Waals surface area contributed by atoms with Gasteiger partial charge in [-0.05, 0) is 30.2 Å². The number of nitrogens with one attached hydrogen (secondary N) is 1. The number of rotatable bonds is 5. The molecule has 5 heteroatoms. The van der Waals surface area contributed by atoms with E-state index in [0.717, 1.165) is 23.3 Å². The summed E-state index contributed by atoms with van der Waals surface area (Å²) in [4.78, 5) is 0. The lowest BCUT2D eigenvalue weighted by atomic mass is 10.0. The van der Waals surface area contributed by atoms with Gasteiger partial charge in [0.2, 0.25) is 0 Å². The van der Waals surface area contributed by atoms with E-state index in [1.807, 2.05) is 37.3 Å². The van der Waals surface area contributed by atoms with E-state index in [9.17, 15) is 18.3 Å². The summed E-state index contributed by atoms with van der Waals surface area (Å²) in [5.74, 6) is 0. The van der Waals surface area contributed by atoms with Gasteiger partial charge in [-0.3, -0.25) is 0 Å². The molecule has 0 aliphatic rings. The zero-order valence-corrected chi connectivity index (χ0v) is 12.1. The van der Waals surface area contributed by atoms with Crippen molar-refractivity contribution in [3.05, 3.63) is 71.3 Å². The molecule has 0 spiro atoms. The van der Waals surface area contributed by atoms with Crippen LogP contribution in [0.25, 0.3) is 0 Å². The van der Waals surface area contributed by atoms with Gasteiger partial charge in [0.05, 0.1) is 18.2 Å². The summed E-state index contributed by atoms with van der Waals surface area (Å²) in [6.45, 7) is 1.77. The fourth-order valence-electron chi connectivity index (χ4n) is 2.30. The SMILES string of the molecule is CC(N[C@H](CO)c1ccccc1)c1ccc(C(F)(F)F)cc1. The molecule has 0 amide bonds. The van der Waals surface area contributed by atoms with Crippen molar-refractivity contribution in [2.24, 2.45) is 0 Å². The lowest BCUT2D eigenvalue weighted by molar-refractivity contribution is -0.137. The van der Waals surface area contributed by atoms with Crippen LogP contribution in [0, 0.1) is 0 Å². The van der Waals surface area contributed by atoms with Crippen molar-refractivity contribution >= 4 is 0 Å². The molecule has 2 atom stereocenters. The predicted molar refractivity (Wildman–Crippen MR) is 79.3 cm³/mol. The molecular formula is C17H18F3NO. The molecule has 22 heavy (non-hydrogen) atoms. The topological polar surface area (TPSA) is 32.3 Å². The zero-order valence-electron chi connectivity index (χ0n) is 12.1. The normalized spacial score (nSPS) is 14.6. The second kappa shape index (κ2) is 6.94. The van der Waals surface area contributed by atoms with Gasteiger partial charge in [-0.15, -0.1) is 0 Å². The smallest absolute Gasteiger partial charge is 0.394 e. The number of hydrogen-bond donors (Lipinski definition) is 2. The molecule has 2 N–H and O–H groups in total. The third-order valence-electron chi connectivity index (χ3n) is 3.57. The van der Waals surface area contributed by atoms with Crippen LogP contribution in [0.3, 0.4) is 0 Å². The zero-order chi connectivity index (χ0) is 16.2. The maximum atomic E-state index is 12.6. The first-order chi connectivity index (χ1) is 10.4. The molecule has 0 radical (unpaired) electrons. The highest BCUT2D eigenvalue weighted by atomic mass is 19.4. The Hall–Kier alpha value is -1.85. The van der Waals surface area contributed by atoms with Crippen LogP contribution in [0.15, 0.2) is 54.6 Å². The van der Waals surface area contributed by atoms with Crippen molar-refractivity contribution in [2.45, 2.75) is 25.2 Å². The Morgan fingerprint density at radius 3 is 2.05 bits per heavy atom. The molecule has 0 bridgehead atoms. The van der Waals surface area contributed by atoms with Gasteiger partial charge in [0.25, 0.3) is 0 Å². The average Bonchev–Trinajstić information content (AvgIpc) is 2.52. The van der Waals surface area contributed by atoms with Gasteiger partial charge in [-0.1, -0.05) is 42.5 Å². The summed E-state index contributed by atoms with van der Waals surface area (Å²) < 4.78 is 37.7. The van der Waals surface area contributed by atoms with Crippen LogP contribution in [-0.4, -0.2) is 11.7 Å². The van der Waals surface area contributed by atoms with Crippen molar-refractivity contribution in [3.63, 3.8) is 0 Å². The molecule has 118 valence electrons. The van der Waals surface area contributed by atoms with Crippen LogP contribution in [0.1, 0.15) is 35.7 Å². The number of aliphatic hydroxyl groups excluding tert-OH is 1. The minimum absolute atomic E-state index is 0.0883. The van der Waals surface area contributed by atoms with Crippen molar-refractivity contribution in [2.75, 3.05) is 6.61 Å². The molecule has 2 aromatic carbocycles. The third-order valence-corrected chi connectivity index (χ3v) is 3.57. The van der Waals surface area contributed by atoms with E-state index in [0.29, 0.717) is 0 Å². The molecule has 1 unspecified atom stereocenters. The maximum absolute atomic E-state index is 12.6. The molecule has 0 aliphatic carbocycles. The van der Waals surface area contributed by atoms with Crippen LogP contribution in [0.2, 0.25) is 0 Å². The molecule has 0 aromatic heterocycles. The minimum Gasteiger partial charge on any atom is -0.394 e. The fourth-order valence-corrected chi connectivity index (χ4v) is 2.30. The Morgan fingerprint density at radius 1 is 0.955 bits per heavy atom. The third kappa shape index (κ3) is 4.08. The van der Waals surface area contributed by atoms with Crippen LogP contribution in [-0.2, 0) is 6.18 Å². The van der Waals surface area contributed by atoms with E-state index in [1.165, 1.54) is 12.1 Å². The molecule has 2 aromatic rings. The van der Waals surface area contributed by atoms with Gasteiger partial charge in [-0.2, -0.15) is 13.2 Å². The van der Waals surface area contributed by atoms with Crippen molar-refractivity contribution in [1.82, 2.24) is 5.32 Å². The van der Waals surface area contributed by atoms with Crippen LogP contribution in [0.4, 0.5) is 13.2 Å².